The minimum absolute atomic E-state index is 0.0808. The van der Waals surface area contributed by atoms with Gasteiger partial charge < -0.3 is 5.73 Å². The van der Waals surface area contributed by atoms with Gasteiger partial charge in [-0.3, -0.25) is 0 Å². The van der Waals surface area contributed by atoms with E-state index >= 15 is 0 Å². The minimum atomic E-state index is -0.481. The molecule has 78 valence electrons. The minimum Gasteiger partial charge on any atom is -0.325 e. The highest BCUT2D eigenvalue weighted by Crippen LogP contribution is 2.20. The molecule has 0 spiro atoms. The summed E-state index contributed by atoms with van der Waals surface area (Å²) < 4.78 is 15.0. The molecule has 1 aromatic heterocycles. The zero-order valence-corrected chi connectivity index (χ0v) is 8.58. The van der Waals surface area contributed by atoms with Gasteiger partial charge in [0.25, 0.3) is 0 Å². The van der Waals surface area contributed by atoms with Crippen LogP contribution in [0.3, 0.4) is 0 Å². The Morgan fingerprint density at radius 3 is 2.87 bits per heavy atom. The van der Waals surface area contributed by atoms with Gasteiger partial charge in [0.2, 0.25) is 0 Å². The summed E-state index contributed by atoms with van der Waals surface area (Å²) in [4.78, 5) is 0. The highest BCUT2D eigenvalue weighted by atomic mass is 35.5. The summed E-state index contributed by atoms with van der Waals surface area (Å²) in [6, 6.07) is 6.51. The van der Waals surface area contributed by atoms with Crippen LogP contribution in [0.15, 0.2) is 30.5 Å². The maximum absolute atomic E-state index is 13.6. The number of aromatic nitrogens is 2. The van der Waals surface area contributed by atoms with E-state index in [1.54, 1.807) is 24.4 Å². The first-order chi connectivity index (χ1) is 7.22. The molecule has 0 aliphatic heterocycles. The third-order valence-corrected chi connectivity index (χ3v) is 2.32. The lowest BCUT2D eigenvalue weighted by Crippen LogP contribution is -2.02. The zero-order chi connectivity index (χ0) is 10.8. The first-order valence-corrected chi connectivity index (χ1v) is 4.79. The smallest absolute Gasteiger partial charge is 0.167 e. The average Bonchev–Trinajstić information content (AvgIpc) is 2.70. The third kappa shape index (κ3) is 1.86. The van der Waals surface area contributed by atoms with Crippen molar-refractivity contribution in [1.29, 1.82) is 0 Å². The van der Waals surface area contributed by atoms with Gasteiger partial charge in [0, 0.05) is 12.7 Å². The van der Waals surface area contributed by atoms with Crippen LogP contribution < -0.4 is 5.73 Å². The van der Waals surface area contributed by atoms with Gasteiger partial charge in [-0.05, 0) is 18.2 Å². The SMILES string of the molecule is NCc1ccn(-c2cccc(Cl)c2F)n1. The van der Waals surface area contributed by atoms with Crippen LogP contribution in [-0.4, -0.2) is 9.78 Å². The van der Waals surface area contributed by atoms with Crippen molar-refractivity contribution in [3.8, 4) is 5.69 Å². The van der Waals surface area contributed by atoms with Gasteiger partial charge in [0.15, 0.2) is 5.82 Å². The number of hydrogen-bond acceptors (Lipinski definition) is 2. The molecule has 0 amide bonds. The predicted molar refractivity (Wildman–Crippen MR) is 56.4 cm³/mol. The van der Waals surface area contributed by atoms with Gasteiger partial charge in [-0.25, -0.2) is 9.07 Å². The second kappa shape index (κ2) is 4.00. The summed E-state index contributed by atoms with van der Waals surface area (Å²) in [6.07, 6.45) is 1.65. The second-order valence-electron chi connectivity index (χ2n) is 3.03. The summed E-state index contributed by atoms with van der Waals surface area (Å²) in [5.74, 6) is -0.481. The van der Waals surface area contributed by atoms with Crippen LogP contribution in [0.2, 0.25) is 5.02 Å². The maximum atomic E-state index is 13.6. The van der Waals surface area contributed by atoms with Crippen LogP contribution >= 0.6 is 11.6 Å². The van der Waals surface area contributed by atoms with Gasteiger partial charge in [0.1, 0.15) is 5.69 Å². The number of hydrogen-bond donors (Lipinski definition) is 1. The molecule has 3 nitrogen and oxygen atoms in total. The summed E-state index contributed by atoms with van der Waals surface area (Å²) in [7, 11) is 0. The van der Waals surface area contributed by atoms with Crippen LogP contribution in [0, 0.1) is 5.82 Å². The first kappa shape index (κ1) is 10.1. The number of benzene rings is 1. The molecule has 0 radical (unpaired) electrons. The Balaban J connectivity index is 2.49. The molecule has 2 rings (SSSR count). The van der Waals surface area contributed by atoms with Crippen molar-refractivity contribution in [2.75, 3.05) is 0 Å². The Kier molecular flexibility index (Phi) is 2.70. The number of nitrogens with zero attached hydrogens (tertiary/aromatic N) is 2. The van der Waals surface area contributed by atoms with E-state index < -0.39 is 5.82 Å². The highest BCUT2D eigenvalue weighted by Gasteiger charge is 2.08. The van der Waals surface area contributed by atoms with Gasteiger partial charge in [0.05, 0.1) is 10.7 Å². The fourth-order valence-electron chi connectivity index (χ4n) is 1.27. The molecular weight excluding hydrogens is 217 g/mol. The molecule has 2 N–H and O–H groups in total. The van der Waals surface area contributed by atoms with E-state index in [0.29, 0.717) is 17.9 Å². The summed E-state index contributed by atoms with van der Waals surface area (Å²) in [5.41, 5.74) is 6.44. The lowest BCUT2D eigenvalue weighted by molar-refractivity contribution is 0.610. The average molecular weight is 226 g/mol. The van der Waals surface area contributed by atoms with E-state index in [0.717, 1.165) is 0 Å². The summed E-state index contributed by atoms with van der Waals surface area (Å²) >= 11 is 5.66. The normalized spacial score (nSPS) is 10.6. The van der Waals surface area contributed by atoms with Gasteiger partial charge in [-0.2, -0.15) is 5.10 Å². The molecule has 0 aliphatic rings. The largest absolute Gasteiger partial charge is 0.325 e. The number of halogens is 2. The number of nitrogens with two attached hydrogens (primary N) is 1. The molecule has 15 heavy (non-hydrogen) atoms. The van der Waals surface area contributed by atoms with Crippen LogP contribution in [-0.2, 0) is 6.54 Å². The molecule has 0 bridgehead atoms. The Hall–Kier alpha value is -1.39. The molecule has 1 heterocycles. The number of rotatable bonds is 2. The van der Waals surface area contributed by atoms with E-state index in [4.69, 9.17) is 17.3 Å². The molecule has 0 saturated heterocycles. The topological polar surface area (TPSA) is 43.8 Å². The van der Waals surface area contributed by atoms with Crippen molar-refractivity contribution in [3.05, 3.63) is 47.0 Å². The lowest BCUT2D eigenvalue weighted by atomic mass is 10.3. The molecule has 0 saturated carbocycles. The maximum Gasteiger partial charge on any atom is 0.167 e. The first-order valence-electron chi connectivity index (χ1n) is 4.41. The van der Waals surface area contributed by atoms with Crippen molar-refractivity contribution < 1.29 is 4.39 Å². The standard InChI is InChI=1S/C10H9ClFN3/c11-8-2-1-3-9(10(8)12)15-5-4-7(6-13)14-15/h1-5H,6,13H2. The predicted octanol–water partition coefficient (Wildman–Crippen LogP) is 2.12. The molecule has 0 aliphatic carbocycles. The van der Waals surface area contributed by atoms with E-state index in [9.17, 15) is 4.39 Å². The Bertz CT molecular complexity index is 481. The fraction of sp³-hybridized carbons (Fsp3) is 0.100. The van der Waals surface area contributed by atoms with E-state index in [-0.39, 0.29) is 5.02 Å². The molecule has 0 fully saturated rings. The van der Waals surface area contributed by atoms with Crippen LogP contribution in [0.4, 0.5) is 4.39 Å². The summed E-state index contributed by atoms with van der Waals surface area (Å²) in [6.45, 7) is 0.329. The second-order valence-corrected chi connectivity index (χ2v) is 3.44. The van der Waals surface area contributed by atoms with Crippen molar-refractivity contribution in [3.63, 3.8) is 0 Å². The Morgan fingerprint density at radius 2 is 2.20 bits per heavy atom. The summed E-state index contributed by atoms with van der Waals surface area (Å²) in [5, 5.41) is 4.17. The van der Waals surface area contributed by atoms with Crippen LogP contribution in [0.5, 0.6) is 0 Å². The van der Waals surface area contributed by atoms with E-state index in [2.05, 4.69) is 5.10 Å². The van der Waals surface area contributed by atoms with Crippen molar-refractivity contribution in [2.24, 2.45) is 5.73 Å². The van der Waals surface area contributed by atoms with Gasteiger partial charge >= 0.3 is 0 Å². The molecule has 2 aromatic rings. The van der Waals surface area contributed by atoms with Crippen LogP contribution in [0.1, 0.15) is 5.69 Å². The molecule has 1 aromatic carbocycles. The van der Waals surface area contributed by atoms with Gasteiger partial charge in [-0.1, -0.05) is 17.7 Å². The Morgan fingerprint density at radius 1 is 1.40 bits per heavy atom. The molecular formula is C10H9ClFN3. The van der Waals surface area contributed by atoms with E-state index in [1.807, 2.05) is 0 Å². The molecule has 0 atom stereocenters. The third-order valence-electron chi connectivity index (χ3n) is 2.03. The lowest BCUT2D eigenvalue weighted by Gasteiger charge is -2.03. The van der Waals surface area contributed by atoms with Crippen molar-refractivity contribution in [1.82, 2.24) is 9.78 Å². The Labute approximate surface area is 91.3 Å². The molecule has 0 unspecified atom stereocenters. The molecule has 5 heteroatoms. The zero-order valence-electron chi connectivity index (χ0n) is 7.82. The monoisotopic (exact) mass is 225 g/mol. The van der Waals surface area contributed by atoms with E-state index in [1.165, 1.54) is 10.7 Å². The fourth-order valence-corrected chi connectivity index (χ4v) is 1.44. The quantitative estimate of drug-likeness (QED) is 0.851. The highest BCUT2D eigenvalue weighted by molar-refractivity contribution is 6.30. The van der Waals surface area contributed by atoms with Gasteiger partial charge in [-0.15, -0.1) is 0 Å². The van der Waals surface area contributed by atoms with Crippen molar-refractivity contribution >= 4 is 11.6 Å². The van der Waals surface area contributed by atoms with Crippen molar-refractivity contribution in [2.45, 2.75) is 6.54 Å². The van der Waals surface area contributed by atoms with Crippen LogP contribution in [0.25, 0.3) is 5.69 Å².